The number of nitrogens with zero attached hydrogens (tertiary/aromatic N) is 8. The Balaban J connectivity index is 0.000000330. The Morgan fingerprint density at radius 2 is 0.612 bits per heavy atom. The summed E-state index contributed by atoms with van der Waals surface area (Å²) in [5, 5.41) is 17.1. The third-order valence-electron chi connectivity index (χ3n) is 21.5. The van der Waals surface area contributed by atoms with E-state index in [1.165, 1.54) is 22.3 Å². The van der Waals surface area contributed by atoms with Crippen LogP contribution in [0.1, 0.15) is 199 Å². The summed E-state index contributed by atoms with van der Waals surface area (Å²) in [7, 11) is 7.36. The maximum Gasteiger partial charge on any atom is 2.00 e. The van der Waals surface area contributed by atoms with E-state index in [0.717, 1.165) is 140 Å². The number of aliphatic hydroxyl groups excluding tert-OH is 1. The van der Waals surface area contributed by atoms with Crippen molar-refractivity contribution >= 4 is 159 Å². The summed E-state index contributed by atoms with van der Waals surface area (Å²) in [6, 6.07) is 78.6. The van der Waals surface area contributed by atoms with E-state index >= 15 is 0 Å². The van der Waals surface area contributed by atoms with Crippen LogP contribution < -0.4 is 22.3 Å². The molecule has 2 heterocycles. The molecule has 2 N–H and O–H groups in total. The summed E-state index contributed by atoms with van der Waals surface area (Å²) in [5.41, 5.74) is 12.3. The fourth-order valence-electron chi connectivity index (χ4n) is 14.3. The molecule has 0 radical (unpaired) electrons. The van der Waals surface area contributed by atoms with Gasteiger partial charge < -0.3 is 51.9 Å². The zero-order chi connectivity index (χ0) is 92.9. The van der Waals surface area contributed by atoms with Crippen LogP contribution in [-0.4, -0.2) is 232 Å². The molecule has 0 saturated carbocycles. The van der Waals surface area contributed by atoms with Crippen molar-refractivity contribution in [3.63, 3.8) is 0 Å². The molecule has 2 aliphatic rings. The number of aliphatic hydroxyl groups is 1. The van der Waals surface area contributed by atoms with Gasteiger partial charge in [0, 0.05) is 199 Å². The average molecular weight is 2010 g/mol. The predicted molar refractivity (Wildman–Crippen MR) is 534 cm³/mol. The average Bonchev–Trinajstić information content (AvgIpc) is 0.788. The Hall–Kier alpha value is -7.52. The van der Waals surface area contributed by atoms with Crippen LogP contribution in [0, 0.1) is 6.07 Å². The van der Waals surface area contributed by atoms with E-state index in [4.69, 9.17) is 73.8 Å². The van der Waals surface area contributed by atoms with Crippen LogP contribution in [0.15, 0.2) is 255 Å². The molecule has 2 fully saturated rings. The zero-order valence-electron chi connectivity index (χ0n) is 75.1. The number of carbonyl (C=O) groups excluding carboxylic acids is 6. The van der Waals surface area contributed by atoms with Gasteiger partial charge in [0.25, 0.3) is 29.5 Å². The Kier molecular flexibility index (Phi) is 54.7. The van der Waals surface area contributed by atoms with E-state index < -0.39 is 15.3 Å². The van der Waals surface area contributed by atoms with Crippen molar-refractivity contribution in [2.45, 2.75) is 92.8 Å². The molecular formula is C101H118BrCl8MgN9O8S. The van der Waals surface area contributed by atoms with E-state index in [0.29, 0.717) is 71.6 Å². The summed E-state index contributed by atoms with van der Waals surface area (Å²) < 4.78 is 9.09. The molecule has 2 saturated heterocycles. The van der Waals surface area contributed by atoms with E-state index in [1.54, 1.807) is 112 Å². The Bertz CT molecular complexity index is 4830. The van der Waals surface area contributed by atoms with E-state index in [9.17, 15) is 33.9 Å². The second kappa shape index (κ2) is 62.1. The molecule has 2 aliphatic heterocycles. The maximum atomic E-state index is 12.7. The molecule has 12 rings (SSSR count). The number of piperazine rings is 2. The maximum absolute atomic E-state index is 12.7. The summed E-state index contributed by atoms with van der Waals surface area (Å²) in [6.07, 6.45) is 2.01. The van der Waals surface area contributed by atoms with Gasteiger partial charge in [-0.1, -0.05) is 167 Å². The topological polar surface area (TPSA) is 178 Å². The standard InChI is InChI=1S/C25H32ClN3O.C22H28ClN3O.C18H19Cl2NO.C18H20ClNO2.C12H15NO2.C6H4Cl.BrH.Cl2OS.Mg/c1-4-15-27-16-18-29(19-17-27)24(21-11-13-23(26)14-12-21)20-7-9-22(10-8-20)25(30)28(5-2)6-3;1-3-25(4-2)22(27)19-7-5-17(6-8-19)21(26-15-13-24-14-16-26)18-9-11-20(23)12-10-18;1-3-21(4-2)18(22)15-7-5-13(6-8-15)17(20)14-9-11-16(19)12-10-14;1-3-20(4-2)18(22)15-7-5-13(6-8-15)17(21)14-9-11-16(19)12-10-14;1-3-13(4-2)12(15)11-7-5-10(9-14)6-8-11;7-6-4-2-1-3-5-6;;1-4(2)3;/h4,7-14,24H,1,5-6,15-19H2,2-3H3;5-12,21,24H,3-4,13-16H2,1-2H3;5-12,17H,3-4H2,1-2H3;5-12,17,21H,3-4H2,1-2H3;5-9H,3-4H2,1-2H3;2-5H;1H;;/q;;;;;-1;;;+2/p-1. The third-order valence-corrected chi connectivity index (χ3v) is 23.3. The second-order valence-corrected chi connectivity index (χ2v) is 34.3. The normalized spacial score (nSPS) is 13.1. The first-order valence-corrected chi connectivity index (χ1v) is 47.9. The molecule has 17 nitrogen and oxygen atoms in total. The first-order valence-electron chi connectivity index (χ1n) is 42.8. The molecule has 10 aromatic rings. The van der Waals surface area contributed by atoms with E-state index in [1.807, 2.05) is 182 Å². The smallest absolute Gasteiger partial charge is 1.00 e. The molecule has 4 unspecified atom stereocenters. The van der Waals surface area contributed by atoms with Crippen LogP contribution in [0.25, 0.3) is 0 Å². The van der Waals surface area contributed by atoms with Crippen molar-refractivity contribution in [1.82, 2.24) is 44.5 Å². The molecular weight excluding hydrogens is 1890 g/mol. The van der Waals surface area contributed by atoms with Crippen molar-refractivity contribution in [1.29, 1.82) is 0 Å². The Morgan fingerprint density at radius 3 is 0.860 bits per heavy atom. The van der Waals surface area contributed by atoms with Crippen molar-refractivity contribution in [2.24, 2.45) is 0 Å². The van der Waals surface area contributed by atoms with Gasteiger partial charge in [-0.15, -0.1) is 29.8 Å². The first kappa shape index (κ1) is 114. The van der Waals surface area contributed by atoms with Gasteiger partial charge in [-0.25, -0.2) is 4.21 Å². The number of nitrogens with one attached hydrogen (secondary N) is 1. The minimum Gasteiger partial charge on any atom is -1.00 e. The number of alkyl halides is 1. The third kappa shape index (κ3) is 37.1. The van der Waals surface area contributed by atoms with Crippen molar-refractivity contribution in [3.05, 3.63) is 364 Å². The van der Waals surface area contributed by atoms with Crippen molar-refractivity contribution in [3.8, 4) is 0 Å². The number of rotatable bonds is 28. The summed E-state index contributed by atoms with van der Waals surface area (Å²) in [6.45, 7) is 39.7. The molecule has 0 aliphatic carbocycles. The van der Waals surface area contributed by atoms with Gasteiger partial charge in [-0.05, 0) is 223 Å². The van der Waals surface area contributed by atoms with Gasteiger partial charge in [0.15, 0.2) is 0 Å². The van der Waals surface area contributed by atoms with Gasteiger partial charge in [0.05, 0.1) is 17.5 Å². The first-order chi connectivity index (χ1) is 61.2. The van der Waals surface area contributed by atoms with Crippen molar-refractivity contribution < 1.29 is 55.1 Å². The number of benzene rings is 10. The van der Waals surface area contributed by atoms with Crippen LogP contribution in [0.5, 0.6) is 0 Å². The molecule has 129 heavy (non-hydrogen) atoms. The van der Waals surface area contributed by atoms with Gasteiger partial charge in [0.1, 0.15) is 12.4 Å². The van der Waals surface area contributed by atoms with Crippen LogP contribution >= 0.6 is 91.0 Å². The molecule has 10 aromatic carbocycles. The number of hydrogen-bond donors (Lipinski definition) is 2. The van der Waals surface area contributed by atoms with Gasteiger partial charge in [-0.2, -0.15) is 30.3 Å². The van der Waals surface area contributed by atoms with Gasteiger partial charge in [-0.3, -0.25) is 43.5 Å². The summed E-state index contributed by atoms with van der Waals surface area (Å²) in [4.78, 5) is 88.5. The zero-order valence-corrected chi connectivity index (χ0v) is 85.0. The fourth-order valence-corrected chi connectivity index (χ4v) is 15.2. The fraction of sp³-hybridized carbons (Fsp3) is 0.327. The molecule has 686 valence electrons. The number of amides is 5. The van der Waals surface area contributed by atoms with Crippen LogP contribution in [-0.2, 0) is 9.23 Å². The molecule has 0 aromatic heterocycles. The van der Waals surface area contributed by atoms with Gasteiger partial charge >= 0.3 is 23.1 Å². The minimum atomic E-state index is -1.67. The SMILES string of the molecule is C=CCN1CCN(C(c2ccc(Cl)cc2)c2ccc(C(=O)N(CC)CC)cc2)CC1.CCN(CC)C(=O)c1ccc(C(Cl)c2ccc(Cl)cc2)cc1.CCN(CC)C(=O)c1ccc(C(O)c2ccc(Cl)cc2)cc1.CCN(CC)C(=O)c1ccc(C(c2ccc(Cl)cc2)N2CCNCC2)cc1.CCN(CC)C(=O)c1ccc(C=O)cc1.Clc1cc[c-]cc1.O=S(Cl)Cl.[Br-].[Mg+2]. The molecule has 4 atom stereocenters. The Labute approximate surface area is 832 Å². The monoisotopic (exact) mass is 2000 g/mol. The van der Waals surface area contributed by atoms with Crippen LogP contribution in [0.3, 0.4) is 0 Å². The molecule has 5 amide bonds. The van der Waals surface area contributed by atoms with E-state index in [2.05, 4.69) is 103 Å². The van der Waals surface area contributed by atoms with Gasteiger partial charge in [0.2, 0.25) is 9.23 Å². The quantitative estimate of drug-likeness (QED) is 0.0119. The molecule has 28 heteroatoms. The van der Waals surface area contributed by atoms with E-state index in [-0.39, 0.29) is 87.0 Å². The molecule has 0 bridgehead atoms. The van der Waals surface area contributed by atoms with Crippen LogP contribution in [0.2, 0.25) is 25.1 Å². The largest absolute Gasteiger partial charge is 2.00 e. The number of carbonyl (C=O) groups is 6. The molecule has 0 spiro atoms. The summed E-state index contributed by atoms with van der Waals surface area (Å²) >= 11 is 36.0. The second-order valence-electron chi connectivity index (χ2n) is 29.2. The number of halogens is 9. The number of hydrogen-bond acceptors (Lipinski definition) is 12. The van der Waals surface area contributed by atoms with Crippen molar-refractivity contribution in [2.75, 3.05) is 124 Å². The summed E-state index contributed by atoms with van der Waals surface area (Å²) in [5.74, 6) is 0.258. The minimum absolute atomic E-state index is 0. The Morgan fingerprint density at radius 1 is 0.388 bits per heavy atom. The predicted octanol–water partition coefficient (Wildman–Crippen LogP) is 19.4. The number of aldehydes is 1. The van der Waals surface area contributed by atoms with Crippen LogP contribution in [0.4, 0.5) is 0 Å².